The molecule has 1 aromatic rings. The second-order valence-corrected chi connectivity index (χ2v) is 5.69. The van der Waals surface area contributed by atoms with E-state index < -0.39 is 0 Å². The van der Waals surface area contributed by atoms with E-state index in [4.69, 9.17) is 26.8 Å². The first kappa shape index (κ1) is 14.5. The summed E-state index contributed by atoms with van der Waals surface area (Å²) in [6, 6.07) is 2.00. The van der Waals surface area contributed by atoms with E-state index in [-0.39, 0.29) is 5.41 Å². The first-order valence-corrected chi connectivity index (χ1v) is 7.09. The molecule has 2 rings (SSSR count). The van der Waals surface area contributed by atoms with E-state index in [1.165, 1.54) is 12.8 Å². The average Bonchev–Trinajstić information content (AvgIpc) is 2.88. The van der Waals surface area contributed by atoms with E-state index >= 15 is 0 Å². The van der Waals surface area contributed by atoms with Gasteiger partial charge in [-0.2, -0.15) is 0 Å². The fourth-order valence-corrected chi connectivity index (χ4v) is 3.85. The minimum absolute atomic E-state index is 0.000712. The topological polar surface area (TPSA) is 44.5 Å². The van der Waals surface area contributed by atoms with Crippen LogP contribution in [0.3, 0.4) is 0 Å². The summed E-state index contributed by atoms with van der Waals surface area (Å²) < 4.78 is 10.8. The van der Waals surface area contributed by atoms with Crippen LogP contribution in [0.25, 0.3) is 0 Å². The summed E-state index contributed by atoms with van der Waals surface area (Å²) in [6.07, 6.45) is 4.61. The third kappa shape index (κ3) is 2.30. The number of rotatable bonds is 4. The molecular weight excluding hydrogens is 262 g/mol. The minimum atomic E-state index is 0.000712. The zero-order valence-electron chi connectivity index (χ0n) is 11.9. The van der Waals surface area contributed by atoms with Crippen molar-refractivity contribution in [1.82, 2.24) is 0 Å². The standard InChI is InChI=1S/C15H22ClNO2/c1-10-8-11(18-2)14(19-3)13(16)12(10)15(9-17)6-4-5-7-15/h8H,4-7,9,17H2,1-3H3. The van der Waals surface area contributed by atoms with Crippen LogP contribution in [0.1, 0.15) is 36.8 Å². The Labute approximate surface area is 120 Å². The maximum absolute atomic E-state index is 6.59. The lowest BCUT2D eigenvalue weighted by Gasteiger charge is -2.31. The van der Waals surface area contributed by atoms with Crippen molar-refractivity contribution in [3.05, 3.63) is 22.2 Å². The summed E-state index contributed by atoms with van der Waals surface area (Å²) in [5.41, 5.74) is 8.35. The Morgan fingerprint density at radius 3 is 2.37 bits per heavy atom. The normalized spacial score (nSPS) is 17.5. The number of methoxy groups -OCH3 is 2. The summed E-state index contributed by atoms with van der Waals surface area (Å²) in [5.74, 6) is 1.29. The lowest BCUT2D eigenvalue weighted by atomic mass is 9.76. The molecule has 1 aromatic carbocycles. The highest BCUT2D eigenvalue weighted by molar-refractivity contribution is 6.33. The highest BCUT2D eigenvalue weighted by Crippen LogP contribution is 2.49. The molecule has 0 amide bonds. The fraction of sp³-hybridized carbons (Fsp3) is 0.600. The van der Waals surface area contributed by atoms with Crippen LogP contribution in [0.4, 0.5) is 0 Å². The summed E-state index contributed by atoms with van der Waals surface area (Å²) >= 11 is 6.59. The lowest BCUT2D eigenvalue weighted by molar-refractivity contribution is 0.351. The Kier molecular flexibility index (Phi) is 4.26. The summed E-state index contributed by atoms with van der Waals surface area (Å²) in [5, 5.41) is 0.659. The number of hydrogen-bond acceptors (Lipinski definition) is 3. The molecule has 2 N–H and O–H groups in total. The monoisotopic (exact) mass is 283 g/mol. The molecule has 0 atom stereocenters. The second kappa shape index (κ2) is 5.59. The van der Waals surface area contributed by atoms with Crippen molar-refractivity contribution in [3.8, 4) is 11.5 Å². The van der Waals surface area contributed by atoms with Gasteiger partial charge in [0.2, 0.25) is 0 Å². The van der Waals surface area contributed by atoms with Crippen molar-refractivity contribution in [3.63, 3.8) is 0 Å². The predicted octanol–water partition coefficient (Wildman–Crippen LogP) is 3.44. The van der Waals surface area contributed by atoms with Crippen LogP contribution in [0.2, 0.25) is 5.02 Å². The summed E-state index contributed by atoms with van der Waals surface area (Å²) in [7, 11) is 3.24. The van der Waals surface area contributed by atoms with Crippen LogP contribution in [0, 0.1) is 6.92 Å². The Bertz CT molecular complexity index is 468. The van der Waals surface area contributed by atoms with Gasteiger partial charge in [-0.1, -0.05) is 24.4 Å². The molecule has 0 spiro atoms. The van der Waals surface area contributed by atoms with Crippen molar-refractivity contribution >= 4 is 11.6 Å². The van der Waals surface area contributed by atoms with E-state index in [0.717, 1.165) is 24.0 Å². The van der Waals surface area contributed by atoms with Crippen LogP contribution in [0.15, 0.2) is 6.07 Å². The molecule has 1 fully saturated rings. The van der Waals surface area contributed by atoms with Crippen LogP contribution in [-0.2, 0) is 5.41 Å². The SMILES string of the molecule is COc1cc(C)c(C2(CN)CCCC2)c(Cl)c1OC. The summed E-state index contributed by atoms with van der Waals surface area (Å²) in [4.78, 5) is 0. The third-order valence-electron chi connectivity index (χ3n) is 4.29. The zero-order valence-corrected chi connectivity index (χ0v) is 12.6. The molecule has 4 heteroatoms. The minimum Gasteiger partial charge on any atom is -0.493 e. The van der Waals surface area contributed by atoms with Gasteiger partial charge in [-0.25, -0.2) is 0 Å². The largest absolute Gasteiger partial charge is 0.493 e. The van der Waals surface area contributed by atoms with Crippen molar-refractivity contribution in [2.45, 2.75) is 38.0 Å². The first-order chi connectivity index (χ1) is 9.09. The Morgan fingerprint density at radius 2 is 1.89 bits per heavy atom. The highest BCUT2D eigenvalue weighted by atomic mass is 35.5. The number of benzene rings is 1. The molecule has 1 aliphatic carbocycles. The Hall–Kier alpha value is -0.930. The zero-order chi connectivity index (χ0) is 14.0. The predicted molar refractivity (Wildman–Crippen MR) is 78.5 cm³/mol. The molecule has 1 aliphatic rings. The molecule has 0 saturated heterocycles. The summed E-state index contributed by atoms with van der Waals surface area (Å²) in [6.45, 7) is 2.70. The second-order valence-electron chi connectivity index (χ2n) is 5.31. The first-order valence-electron chi connectivity index (χ1n) is 6.71. The van der Waals surface area contributed by atoms with Crippen LogP contribution >= 0.6 is 11.6 Å². The molecule has 106 valence electrons. The molecule has 19 heavy (non-hydrogen) atoms. The number of aryl methyl sites for hydroxylation is 1. The van der Waals surface area contributed by atoms with Gasteiger partial charge in [-0.3, -0.25) is 0 Å². The maximum Gasteiger partial charge on any atom is 0.179 e. The number of ether oxygens (including phenoxy) is 2. The van der Waals surface area contributed by atoms with Crippen molar-refractivity contribution in [1.29, 1.82) is 0 Å². The van der Waals surface area contributed by atoms with E-state index in [1.54, 1.807) is 14.2 Å². The van der Waals surface area contributed by atoms with Crippen molar-refractivity contribution in [2.24, 2.45) is 5.73 Å². The van der Waals surface area contributed by atoms with E-state index in [2.05, 4.69) is 6.92 Å². The Balaban J connectivity index is 2.63. The molecule has 3 nitrogen and oxygen atoms in total. The van der Waals surface area contributed by atoms with Gasteiger partial charge in [0.1, 0.15) is 0 Å². The van der Waals surface area contributed by atoms with Gasteiger partial charge in [0.25, 0.3) is 0 Å². The van der Waals surface area contributed by atoms with Gasteiger partial charge in [0.15, 0.2) is 11.5 Å². The van der Waals surface area contributed by atoms with Gasteiger partial charge in [0.05, 0.1) is 19.2 Å². The Morgan fingerprint density at radius 1 is 1.26 bits per heavy atom. The molecule has 0 bridgehead atoms. The van der Waals surface area contributed by atoms with Crippen LogP contribution in [0.5, 0.6) is 11.5 Å². The number of halogens is 1. The van der Waals surface area contributed by atoms with Crippen LogP contribution in [-0.4, -0.2) is 20.8 Å². The molecule has 0 aliphatic heterocycles. The van der Waals surface area contributed by atoms with Crippen LogP contribution < -0.4 is 15.2 Å². The van der Waals surface area contributed by atoms with Gasteiger partial charge in [-0.05, 0) is 37.0 Å². The molecule has 0 unspecified atom stereocenters. The van der Waals surface area contributed by atoms with Crippen molar-refractivity contribution < 1.29 is 9.47 Å². The lowest BCUT2D eigenvalue weighted by Crippen LogP contribution is -2.33. The van der Waals surface area contributed by atoms with E-state index in [1.807, 2.05) is 6.07 Å². The average molecular weight is 284 g/mol. The molecule has 0 heterocycles. The van der Waals surface area contributed by atoms with Gasteiger partial charge < -0.3 is 15.2 Å². The van der Waals surface area contributed by atoms with Gasteiger partial charge in [0, 0.05) is 12.0 Å². The van der Waals surface area contributed by atoms with Gasteiger partial charge >= 0.3 is 0 Å². The van der Waals surface area contributed by atoms with Gasteiger partial charge in [-0.15, -0.1) is 0 Å². The van der Waals surface area contributed by atoms with E-state index in [9.17, 15) is 0 Å². The van der Waals surface area contributed by atoms with E-state index in [0.29, 0.717) is 23.1 Å². The van der Waals surface area contributed by atoms with Crippen molar-refractivity contribution in [2.75, 3.05) is 20.8 Å². The molecule has 0 aromatic heterocycles. The molecular formula is C15H22ClNO2. The smallest absolute Gasteiger partial charge is 0.179 e. The quantitative estimate of drug-likeness (QED) is 0.921. The highest BCUT2D eigenvalue weighted by Gasteiger charge is 2.38. The maximum atomic E-state index is 6.59. The molecule has 0 radical (unpaired) electrons. The number of nitrogens with two attached hydrogens (primary N) is 1. The fourth-order valence-electron chi connectivity index (χ4n) is 3.33. The number of hydrogen-bond donors (Lipinski definition) is 1. The third-order valence-corrected chi connectivity index (χ3v) is 4.65. The molecule has 1 saturated carbocycles.